The van der Waals surface area contributed by atoms with Gasteiger partial charge in [0.25, 0.3) is 10.0 Å². The molecular weight excluding hydrogens is 350 g/mol. The Hall–Kier alpha value is -2.18. The molecule has 0 N–H and O–H groups in total. The maximum absolute atomic E-state index is 13.0. The third-order valence-corrected chi connectivity index (χ3v) is 6.39. The van der Waals surface area contributed by atoms with Crippen LogP contribution in [0.1, 0.15) is 30.4 Å². The van der Waals surface area contributed by atoms with Crippen LogP contribution < -0.4 is 0 Å². The Morgan fingerprint density at radius 3 is 2.46 bits per heavy atom. The molecule has 138 valence electrons. The minimum absolute atomic E-state index is 0.145. The van der Waals surface area contributed by atoms with E-state index in [-0.39, 0.29) is 23.8 Å². The average molecular weight is 373 g/mol. The normalized spacial score (nSPS) is 18.1. The lowest BCUT2D eigenvalue weighted by molar-refractivity contribution is -0.131. The number of piperidine rings is 1. The predicted octanol–water partition coefficient (Wildman–Crippen LogP) is 3.28. The first-order valence-corrected chi connectivity index (χ1v) is 10.2. The topological polar surface area (TPSA) is 63.7 Å². The molecule has 0 aromatic heterocycles. The molecule has 1 fully saturated rings. The van der Waals surface area contributed by atoms with Crippen molar-refractivity contribution < 1.29 is 17.9 Å². The highest BCUT2D eigenvalue weighted by Crippen LogP contribution is 2.27. The molecule has 2 aromatic rings. The van der Waals surface area contributed by atoms with Gasteiger partial charge in [-0.1, -0.05) is 48.0 Å². The van der Waals surface area contributed by atoms with Gasteiger partial charge in [-0.15, -0.1) is 0 Å². The van der Waals surface area contributed by atoms with Gasteiger partial charge in [-0.05, 0) is 37.5 Å². The summed E-state index contributed by atoms with van der Waals surface area (Å²) in [6.45, 7) is 2.48. The van der Waals surface area contributed by atoms with Gasteiger partial charge in [-0.25, -0.2) is 12.7 Å². The molecule has 2 aromatic carbocycles. The smallest absolute Gasteiger partial charge is 0.266 e. The first-order valence-electron chi connectivity index (χ1n) is 8.74. The SMILES string of the molecule is Cc1ccc(S(=O)(=O)N2C(=O)CCCC2COCc2ccccc2)cc1. The van der Waals surface area contributed by atoms with Crippen molar-refractivity contribution in [2.24, 2.45) is 0 Å². The van der Waals surface area contributed by atoms with Gasteiger partial charge in [0.1, 0.15) is 0 Å². The zero-order chi connectivity index (χ0) is 18.6. The maximum atomic E-state index is 13.0. The number of sulfonamides is 1. The molecule has 6 heteroatoms. The zero-order valence-corrected chi connectivity index (χ0v) is 15.6. The Kier molecular flexibility index (Phi) is 5.74. The molecule has 3 rings (SSSR count). The highest BCUT2D eigenvalue weighted by molar-refractivity contribution is 7.89. The lowest BCUT2D eigenvalue weighted by Crippen LogP contribution is -2.49. The summed E-state index contributed by atoms with van der Waals surface area (Å²) in [6, 6.07) is 15.8. The summed E-state index contributed by atoms with van der Waals surface area (Å²) in [5.41, 5.74) is 1.99. The fourth-order valence-corrected chi connectivity index (χ4v) is 4.74. The highest BCUT2D eigenvalue weighted by atomic mass is 32.2. The number of carbonyl (C=O) groups excluding carboxylic acids is 1. The first kappa shape index (κ1) is 18.6. The molecule has 5 nitrogen and oxygen atoms in total. The quantitative estimate of drug-likeness (QED) is 0.779. The number of rotatable bonds is 6. The van der Waals surface area contributed by atoms with Crippen LogP contribution in [0.2, 0.25) is 0 Å². The molecule has 26 heavy (non-hydrogen) atoms. The van der Waals surface area contributed by atoms with Crippen molar-refractivity contribution in [3.8, 4) is 0 Å². The molecule has 0 saturated carbocycles. The highest BCUT2D eigenvalue weighted by Gasteiger charge is 2.38. The van der Waals surface area contributed by atoms with E-state index in [0.717, 1.165) is 15.4 Å². The van der Waals surface area contributed by atoms with E-state index in [1.54, 1.807) is 24.3 Å². The van der Waals surface area contributed by atoms with E-state index in [0.29, 0.717) is 19.4 Å². The number of benzene rings is 2. The van der Waals surface area contributed by atoms with E-state index in [4.69, 9.17) is 4.74 Å². The number of aryl methyl sites for hydroxylation is 1. The molecule has 1 heterocycles. The van der Waals surface area contributed by atoms with Crippen LogP contribution in [-0.4, -0.2) is 31.3 Å². The van der Waals surface area contributed by atoms with E-state index in [1.807, 2.05) is 37.3 Å². The number of carbonyl (C=O) groups is 1. The van der Waals surface area contributed by atoms with Gasteiger partial charge < -0.3 is 4.74 Å². The van der Waals surface area contributed by atoms with Crippen LogP contribution in [0.5, 0.6) is 0 Å². The maximum Gasteiger partial charge on any atom is 0.266 e. The molecule has 0 spiro atoms. The van der Waals surface area contributed by atoms with E-state index in [2.05, 4.69) is 0 Å². The van der Waals surface area contributed by atoms with Gasteiger partial charge in [-0.2, -0.15) is 0 Å². The Morgan fingerprint density at radius 2 is 1.77 bits per heavy atom. The number of hydrogen-bond acceptors (Lipinski definition) is 4. The van der Waals surface area contributed by atoms with Crippen molar-refractivity contribution in [2.75, 3.05) is 6.61 Å². The Labute approximate surface area is 154 Å². The lowest BCUT2D eigenvalue weighted by atomic mass is 10.1. The molecule has 1 unspecified atom stereocenters. The third kappa shape index (κ3) is 4.14. The van der Waals surface area contributed by atoms with Crippen molar-refractivity contribution in [1.29, 1.82) is 0 Å². The second-order valence-corrected chi connectivity index (χ2v) is 8.37. The van der Waals surface area contributed by atoms with Gasteiger partial charge in [0, 0.05) is 6.42 Å². The molecule has 1 aliphatic heterocycles. The molecule has 0 radical (unpaired) electrons. The zero-order valence-electron chi connectivity index (χ0n) is 14.8. The van der Waals surface area contributed by atoms with Crippen molar-refractivity contribution >= 4 is 15.9 Å². The van der Waals surface area contributed by atoms with Gasteiger partial charge in [0.05, 0.1) is 24.2 Å². The predicted molar refractivity (Wildman–Crippen MR) is 98.9 cm³/mol. The fourth-order valence-electron chi connectivity index (χ4n) is 3.11. The minimum atomic E-state index is -3.87. The van der Waals surface area contributed by atoms with Crippen LogP contribution in [0.3, 0.4) is 0 Å². The minimum Gasteiger partial charge on any atom is -0.375 e. The van der Waals surface area contributed by atoms with Crippen LogP contribution in [0.15, 0.2) is 59.5 Å². The summed E-state index contributed by atoms with van der Waals surface area (Å²) >= 11 is 0. The van der Waals surface area contributed by atoms with Crippen LogP contribution in [0.25, 0.3) is 0 Å². The van der Waals surface area contributed by atoms with Crippen LogP contribution in [-0.2, 0) is 26.2 Å². The largest absolute Gasteiger partial charge is 0.375 e. The number of ether oxygens (including phenoxy) is 1. The van der Waals surface area contributed by atoms with E-state index < -0.39 is 16.1 Å². The number of nitrogens with zero attached hydrogens (tertiary/aromatic N) is 1. The molecule has 1 amide bonds. The Bertz CT molecular complexity index is 847. The summed E-state index contributed by atoms with van der Waals surface area (Å²) < 4.78 is 32.8. The fraction of sp³-hybridized carbons (Fsp3) is 0.350. The summed E-state index contributed by atoms with van der Waals surface area (Å²) in [4.78, 5) is 12.6. The Balaban J connectivity index is 1.75. The summed E-state index contributed by atoms with van der Waals surface area (Å²) in [5, 5.41) is 0. The van der Waals surface area contributed by atoms with Gasteiger partial charge in [0.15, 0.2) is 0 Å². The molecule has 1 atom stereocenters. The van der Waals surface area contributed by atoms with Crippen molar-refractivity contribution in [1.82, 2.24) is 4.31 Å². The number of amides is 1. The van der Waals surface area contributed by atoms with Crippen molar-refractivity contribution in [3.63, 3.8) is 0 Å². The van der Waals surface area contributed by atoms with Crippen molar-refractivity contribution in [3.05, 3.63) is 65.7 Å². The van der Waals surface area contributed by atoms with Crippen molar-refractivity contribution in [2.45, 2.75) is 43.7 Å². The van der Waals surface area contributed by atoms with Crippen LogP contribution in [0, 0.1) is 6.92 Å². The van der Waals surface area contributed by atoms with Gasteiger partial charge in [0.2, 0.25) is 5.91 Å². The summed E-state index contributed by atoms with van der Waals surface area (Å²) in [6.07, 6.45) is 1.55. The Morgan fingerprint density at radius 1 is 1.08 bits per heavy atom. The molecule has 1 aliphatic rings. The molecule has 1 saturated heterocycles. The van der Waals surface area contributed by atoms with Crippen LogP contribution >= 0.6 is 0 Å². The second-order valence-electron chi connectivity index (χ2n) is 6.55. The number of hydrogen-bond donors (Lipinski definition) is 0. The van der Waals surface area contributed by atoms with E-state index in [1.165, 1.54) is 0 Å². The molecular formula is C20H23NO4S. The molecule has 0 bridgehead atoms. The third-order valence-electron chi connectivity index (χ3n) is 4.51. The average Bonchev–Trinajstić information content (AvgIpc) is 2.63. The van der Waals surface area contributed by atoms with E-state index >= 15 is 0 Å². The lowest BCUT2D eigenvalue weighted by Gasteiger charge is -2.34. The summed E-state index contributed by atoms with van der Waals surface area (Å²) in [5.74, 6) is -0.356. The first-order chi connectivity index (χ1) is 12.5. The standard InChI is InChI=1S/C20H23NO4S/c1-16-10-12-19(13-11-16)26(23,24)21-18(8-5-9-20(21)22)15-25-14-17-6-3-2-4-7-17/h2-4,6-7,10-13,18H,5,8-9,14-15H2,1H3. The summed E-state index contributed by atoms with van der Waals surface area (Å²) in [7, 11) is -3.87. The second kappa shape index (κ2) is 8.01. The molecule has 0 aliphatic carbocycles. The van der Waals surface area contributed by atoms with E-state index in [9.17, 15) is 13.2 Å². The van der Waals surface area contributed by atoms with Gasteiger partial charge in [-0.3, -0.25) is 4.79 Å². The van der Waals surface area contributed by atoms with Crippen LogP contribution in [0.4, 0.5) is 0 Å². The van der Waals surface area contributed by atoms with Gasteiger partial charge >= 0.3 is 0 Å². The monoisotopic (exact) mass is 373 g/mol.